The third-order valence-corrected chi connectivity index (χ3v) is 4.14. The van der Waals surface area contributed by atoms with Crippen LogP contribution in [-0.4, -0.2) is 32.7 Å². The fourth-order valence-electron chi connectivity index (χ4n) is 2.37. The molecule has 0 unspecified atom stereocenters. The van der Waals surface area contributed by atoms with E-state index in [4.69, 9.17) is 11.6 Å². The third-order valence-electron chi connectivity index (χ3n) is 3.77. The SMILES string of the molecule is C[C@@H](CO)Nc1nc(NCc2ccccc2Cl)cc(-c2ccncc2)n1. The molecule has 6 nitrogen and oxygen atoms in total. The van der Waals surface area contributed by atoms with E-state index < -0.39 is 0 Å². The van der Waals surface area contributed by atoms with Crippen molar-refractivity contribution >= 4 is 23.4 Å². The van der Waals surface area contributed by atoms with Crippen LogP contribution in [0.2, 0.25) is 5.02 Å². The molecule has 3 rings (SSSR count). The lowest BCUT2D eigenvalue weighted by molar-refractivity contribution is 0.281. The molecule has 0 bridgehead atoms. The van der Waals surface area contributed by atoms with Gasteiger partial charge >= 0.3 is 0 Å². The molecular weight excluding hydrogens is 350 g/mol. The number of nitrogens with one attached hydrogen (secondary N) is 2. The highest BCUT2D eigenvalue weighted by atomic mass is 35.5. The highest BCUT2D eigenvalue weighted by Gasteiger charge is 2.09. The van der Waals surface area contributed by atoms with Crippen LogP contribution in [0.1, 0.15) is 12.5 Å². The standard InChI is InChI=1S/C19H20ClN5O/c1-13(12-26)23-19-24-17(14-6-8-21-9-7-14)10-18(25-19)22-11-15-4-2-3-5-16(15)20/h2-10,13,26H,11-12H2,1H3,(H2,22,23,24,25)/t13-/m0/s1. The first-order valence-electron chi connectivity index (χ1n) is 8.30. The van der Waals surface area contributed by atoms with Gasteiger partial charge in [0.05, 0.1) is 12.3 Å². The largest absolute Gasteiger partial charge is 0.394 e. The van der Waals surface area contributed by atoms with Crippen LogP contribution in [0.5, 0.6) is 0 Å². The van der Waals surface area contributed by atoms with Crippen LogP contribution in [-0.2, 0) is 6.54 Å². The van der Waals surface area contributed by atoms with Crippen molar-refractivity contribution in [3.8, 4) is 11.3 Å². The summed E-state index contributed by atoms with van der Waals surface area (Å²) in [5.41, 5.74) is 2.68. The minimum atomic E-state index is -0.154. The Balaban J connectivity index is 1.88. The van der Waals surface area contributed by atoms with Crippen molar-refractivity contribution in [2.45, 2.75) is 19.5 Å². The molecule has 2 heterocycles. The summed E-state index contributed by atoms with van der Waals surface area (Å²) in [7, 11) is 0. The normalized spacial score (nSPS) is 11.8. The number of halogens is 1. The van der Waals surface area contributed by atoms with Gasteiger partial charge in [-0.15, -0.1) is 0 Å². The number of nitrogens with zero attached hydrogens (tertiary/aromatic N) is 3. The zero-order chi connectivity index (χ0) is 18.4. The molecule has 0 aliphatic heterocycles. The van der Waals surface area contributed by atoms with Crippen LogP contribution >= 0.6 is 11.6 Å². The van der Waals surface area contributed by atoms with Crippen molar-refractivity contribution in [1.82, 2.24) is 15.0 Å². The van der Waals surface area contributed by atoms with E-state index in [2.05, 4.69) is 25.6 Å². The van der Waals surface area contributed by atoms with E-state index in [-0.39, 0.29) is 12.6 Å². The summed E-state index contributed by atoms with van der Waals surface area (Å²) in [6.45, 7) is 2.39. The maximum absolute atomic E-state index is 9.28. The van der Waals surface area contributed by atoms with Crippen LogP contribution in [0.15, 0.2) is 54.9 Å². The highest BCUT2D eigenvalue weighted by Crippen LogP contribution is 2.22. The molecule has 0 aliphatic rings. The molecule has 3 aromatic rings. The van der Waals surface area contributed by atoms with Gasteiger partial charge in [0.2, 0.25) is 5.95 Å². The average Bonchev–Trinajstić information content (AvgIpc) is 2.68. The van der Waals surface area contributed by atoms with Crippen molar-refractivity contribution in [2.24, 2.45) is 0 Å². The monoisotopic (exact) mass is 369 g/mol. The first-order valence-corrected chi connectivity index (χ1v) is 8.67. The molecule has 0 saturated heterocycles. The van der Waals surface area contributed by atoms with Gasteiger partial charge in [0.1, 0.15) is 5.82 Å². The Kier molecular flexibility index (Phi) is 5.99. The predicted octanol–water partition coefficient (Wildman–Crippen LogP) is 3.60. The van der Waals surface area contributed by atoms with Crippen LogP contribution in [0.25, 0.3) is 11.3 Å². The van der Waals surface area contributed by atoms with Gasteiger partial charge < -0.3 is 15.7 Å². The molecule has 0 radical (unpaired) electrons. The lowest BCUT2D eigenvalue weighted by atomic mass is 10.2. The summed E-state index contributed by atoms with van der Waals surface area (Å²) in [6.07, 6.45) is 3.44. The Bertz CT molecular complexity index is 860. The lowest BCUT2D eigenvalue weighted by Crippen LogP contribution is -2.21. The number of aliphatic hydroxyl groups excluding tert-OH is 1. The van der Waals surface area contributed by atoms with E-state index in [0.29, 0.717) is 23.3 Å². The predicted molar refractivity (Wildman–Crippen MR) is 104 cm³/mol. The Morgan fingerprint density at radius 3 is 2.62 bits per heavy atom. The van der Waals surface area contributed by atoms with Crippen molar-refractivity contribution < 1.29 is 5.11 Å². The van der Waals surface area contributed by atoms with Gasteiger partial charge in [-0.3, -0.25) is 4.98 Å². The van der Waals surface area contributed by atoms with Crippen LogP contribution in [0.4, 0.5) is 11.8 Å². The summed E-state index contributed by atoms with van der Waals surface area (Å²) in [4.78, 5) is 13.1. The number of benzene rings is 1. The number of pyridine rings is 1. The molecule has 26 heavy (non-hydrogen) atoms. The summed E-state index contributed by atoms with van der Waals surface area (Å²) in [6, 6.07) is 13.2. The van der Waals surface area contributed by atoms with Gasteiger partial charge in [0, 0.05) is 41.6 Å². The molecule has 0 spiro atoms. The number of aromatic nitrogens is 3. The van der Waals surface area contributed by atoms with E-state index in [9.17, 15) is 5.11 Å². The van der Waals surface area contributed by atoms with Gasteiger partial charge in [-0.25, -0.2) is 4.98 Å². The third kappa shape index (κ3) is 4.68. The van der Waals surface area contributed by atoms with Crippen LogP contribution in [0.3, 0.4) is 0 Å². The first kappa shape index (κ1) is 18.1. The molecule has 134 valence electrons. The Morgan fingerprint density at radius 2 is 1.88 bits per heavy atom. The van der Waals surface area contributed by atoms with Crippen molar-refractivity contribution in [1.29, 1.82) is 0 Å². The molecule has 0 amide bonds. The quantitative estimate of drug-likeness (QED) is 0.590. The Labute approximate surface area is 157 Å². The fourth-order valence-corrected chi connectivity index (χ4v) is 2.57. The molecule has 7 heteroatoms. The second kappa shape index (κ2) is 8.60. The first-order chi connectivity index (χ1) is 12.7. The second-order valence-electron chi connectivity index (χ2n) is 5.87. The van der Waals surface area contributed by atoms with E-state index in [1.165, 1.54) is 0 Å². The fraction of sp³-hybridized carbons (Fsp3) is 0.211. The van der Waals surface area contributed by atoms with E-state index in [0.717, 1.165) is 16.8 Å². The molecule has 0 aliphatic carbocycles. The molecule has 0 fully saturated rings. The van der Waals surface area contributed by atoms with E-state index in [1.807, 2.05) is 49.4 Å². The number of rotatable bonds is 7. The van der Waals surface area contributed by atoms with Crippen molar-refractivity contribution in [3.05, 3.63) is 65.4 Å². The van der Waals surface area contributed by atoms with Crippen LogP contribution in [0, 0.1) is 0 Å². The summed E-state index contributed by atoms with van der Waals surface area (Å²) < 4.78 is 0. The van der Waals surface area contributed by atoms with E-state index in [1.54, 1.807) is 12.4 Å². The average molecular weight is 370 g/mol. The van der Waals surface area contributed by atoms with Crippen molar-refractivity contribution in [3.63, 3.8) is 0 Å². The maximum atomic E-state index is 9.28. The maximum Gasteiger partial charge on any atom is 0.225 e. The number of aliphatic hydroxyl groups is 1. The Hall–Kier alpha value is -2.70. The van der Waals surface area contributed by atoms with Crippen molar-refractivity contribution in [2.75, 3.05) is 17.2 Å². The molecule has 3 N–H and O–H groups in total. The van der Waals surface area contributed by atoms with Crippen LogP contribution < -0.4 is 10.6 Å². The molecule has 2 aromatic heterocycles. The topological polar surface area (TPSA) is 83.0 Å². The van der Waals surface area contributed by atoms with Gasteiger partial charge in [-0.1, -0.05) is 29.8 Å². The zero-order valence-electron chi connectivity index (χ0n) is 14.4. The summed E-state index contributed by atoms with van der Waals surface area (Å²) >= 11 is 6.22. The number of hydrogen-bond donors (Lipinski definition) is 3. The summed E-state index contributed by atoms with van der Waals surface area (Å²) in [5.74, 6) is 1.11. The van der Waals surface area contributed by atoms with Gasteiger partial charge in [-0.2, -0.15) is 4.98 Å². The summed E-state index contributed by atoms with van der Waals surface area (Å²) in [5, 5.41) is 16.4. The zero-order valence-corrected chi connectivity index (χ0v) is 15.1. The van der Waals surface area contributed by atoms with Gasteiger partial charge in [0.25, 0.3) is 0 Å². The number of anilines is 2. The lowest BCUT2D eigenvalue weighted by Gasteiger charge is -2.14. The smallest absolute Gasteiger partial charge is 0.225 e. The molecule has 0 saturated carbocycles. The van der Waals surface area contributed by atoms with E-state index >= 15 is 0 Å². The highest BCUT2D eigenvalue weighted by molar-refractivity contribution is 6.31. The molecular formula is C19H20ClN5O. The molecule has 1 atom stereocenters. The molecule has 1 aromatic carbocycles. The second-order valence-corrected chi connectivity index (χ2v) is 6.28. The van der Waals surface area contributed by atoms with Gasteiger partial charge in [0.15, 0.2) is 0 Å². The minimum absolute atomic E-state index is 0.00870. The minimum Gasteiger partial charge on any atom is -0.394 e. The van der Waals surface area contributed by atoms with Gasteiger partial charge in [-0.05, 0) is 30.7 Å². The number of hydrogen-bond acceptors (Lipinski definition) is 6. The Morgan fingerprint density at radius 1 is 1.12 bits per heavy atom.